The summed E-state index contributed by atoms with van der Waals surface area (Å²) in [4.78, 5) is 4.40. The van der Waals surface area contributed by atoms with Crippen LogP contribution in [0.1, 0.15) is 24.8 Å². The molecule has 0 aliphatic carbocycles. The molecule has 0 aliphatic rings. The number of para-hydroxylation sites is 1. The summed E-state index contributed by atoms with van der Waals surface area (Å²) in [6.07, 6.45) is -3.84. The molecule has 1 atom stereocenters. The van der Waals surface area contributed by atoms with Crippen LogP contribution in [0.25, 0.3) is 10.2 Å². The minimum atomic E-state index is -4.15. The van der Waals surface area contributed by atoms with E-state index in [0.717, 1.165) is 21.6 Å². The first-order valence-corrected chi connectivity index (χ1v) is 7.44. The average Bonchev–Trinajstić information content (AvgIpc) is 2.76. The van der Waals surface area contributed by atoms with Gasteiger partial charge in [0.25, 0.3) is 0 Å². The highest BCUT2D eigenvalue weighted by Gasteiger charge is 2.32. The molecule has 0 spiro atoms. The van der Waals surface area contributed by atoms with Crippen LogP contribution in [0, 0.1) is 0 Å². The highest BCUT2D eigenvalue weighted by Crippen LogP contribution is 2.26. The van der Waals surface area contributed by atoms with Crippen LogP contribution in [0.3, 0.4) is 0 Å². The van der Waals surface area contributed by atoms with Crippen LogP contribution in [-0.2, 0) is 6.42 Å². The van der Waals surface area contributed by atoms with Gasteiger partial charge in [0.05, 0.1) is 21.6 Å². The SMILES string of the molecule is CCCNC(Cc1nc2ccccc2s1)CC(F)(F)F. The maximum atomic E-state index is 12.6. The van der Waals surface area contributed by atoms with Crippen molar-refractivity contribution in [3.8, 4) is 0 Å². The molecule has 1 unspecified atom stereocenters. The van der Waals surface area contributed by atoms with Gasteiger partial charge in [0.1, 0.15) is 0 Å². The fraction of sp³-hybridized carbons (Fsp3) is 0.500. The topological polar surface area (TPSA) is 24.9 Å². The number of benzene rings is 1. The molecule has 0 saturated heterocycles. The Bertz CT molecular complexity index is 518. The number of rotatable bonds is 6. The van der Waals surface area contributed by atoms with E-state index >= 15 is 0 Å². The Hall–Kier alpha value is -1.14. The first-order chi connectivity index (χ1) is 9.48. The monoisotopic (exact) mass is 302 g/mol. The molecule has 1 heterocycles. The molecule has 2 rings (SSSR count). The summed E-state index contributed by atoms with van der Waals surface area (Å²) in [5.41, 5.74) is 0.855. The molecule has 0 amide bonds. The third-order valence-electron chi connectivity index (χ3n) is 2.92. The van der Waals surface area contributed by atoms with E-state index in [1.54, 1.807) is 0 Å². The van der Waals surface area contributed by atoms with Crippen molar-refractivity contribution >= 4 is 21.6 Å². The second kappa shape index (κ2) is 6.54. The number of hydrogen-bond donors (Lipinski definition) is 1. The zero-order chi connectivity index (χ0) is 14.6. The van der Waals surface area contributed by atoms with E-state index < -0.39 is 18.6 Å². The predicted molar refractivity (Wildman–Crippen MR) is 76.1 cm³/mol. The molecule has 2 aromatic rings. The smallest absolute Gasteiger partial charge is 0.313 e. The normalized spacial score (nSPS) is 13.8. The van der Waals surface area contributed by atoms with Gasteiger partial charge in [-0.15, -0.1) is 11.3 Å². The first-order valence-electron chi connectivity index (χ1n) is 6.62. The minimum absolute atomic E-state index is 0.318. The van der Waals surface area contributed by atoms with E-state index in [1.807, 2.05) is 31.2 Å². The van der Waals surface area contributed by atoms with Gasteiger partial charge in [-0.3, -0.25) is 0 Å². The molecular weight excluding hydrogens is 285 g/mol. The lowest BCUT2D eigenvalue weighted by Crippen LogP contribution is -2.36. The summed E-state index contributed by atoms with van der Waals surface area (Å²) in [5.74, 6) is 0. The highest BCUT2D eigenvalue weighted by molar-refractivity contribution is 7.18. The lowest BCUT2D eigenvalue weighted by Gasteiger charge is -2.18. The molecule has 0 saturated carbocycles. The molecule has 1 N–H and O–H groups in total. The van der Waals surface area contributed by atoms with E-state index in [-0.39, 0.29) is 0 Å². The number of aromatic nitrogens is 1. The van der Waals surface area contributed by atoms with E-state index in [9.17, 15) is 13.2 Å². The van der Waals surface area contributed by atoms with Crippen LogP contribution in [-0.4, -0.2) is 23.7 Å². The maximum absolute atomic E-state index is 12.6. The van der Waals surface area contributed by atoms with Crippen molar-refractivity contribution in [1.29, 1.82) is 0 Å². The fourth-order valence-corrected chi connectivity index (χ4v) is 3.11. The van der Waals surface area contributed by atoms with Crippen LogP contribution in [0.2, 0.25) is 0 Å². The maximum Gasteiger partial charge on any atom is 0.390 e. The lowest BCUT2D eigenvalue weighted by molar-refractivity contribution is -0.139. The molecule has 110 valence electrons. The van der Waals surface area contributed by atoms with E-state index in [2.05, 4.69) is 10.3 Å². The summed E-state index contributed by atoms with van der Waals surface area (Å²) < 4.78 is 38.8. The van der Waals surface area contributed by atoms with E-state index in [1.165, 1.54) is 11.3 Å². The van der Waals surface area contributed by atoms with Crippen molar-refractivity contribution in [2.75, 3.05) is 6.54 Å². The van der Waals surface area contributed by atoms with Gasteiger partial charge in [-0.25, -0.2) is 4.98 Å². The quantitative estimate of drug-likeness (QED) is 0.866. The van der Waals surface area contributed by atoms with Crippen LogP contribution in [0.4, 0.5) is 13.2 Å². The first kappa shape index (κ1) is 15.3. The second-order valence-electron chi connectivity index (χ2n) is 4.75. The largest absolute Gasteiger partial charge is 0.390 e. The third kappa shape index (κ3) is 4.45. The molecule has 1 aromatic carbocycles. The molecule has 2 nitrogen and oxygen atoms in total. The lowest BCUT2D eigenvalue weighted by atomic mass is 10.1. The van der Waals surface area contributed by atoms with Crippen LogP contribution in [0.5, 0.6) is 0 Å². The number of fused-ring (bicyclic) bond motifs is 1. The molecule has 0 aliphatic heterocycles. The number of halogens is 3. The Kier molecular flexibility index (Phi) is 4.99. The Labute approximate surface area is 120 Å². The van der Waals surface area contributed by atoms with Gasteiger partial charge in [0.2, 0.25) is 0 Å². The minimum Gasteiger partial charge on any atom is -0.313 e. The number of alkyl halides is 3. The number of nitrogens with one attached hydrogen (secondary N) is 1. The molecule has 0 fully saturated rings. The predicted octanol–water partition coefficient (Wildman–Crippen LogP) is 4.16. The van der Waals surface area contributed by atoms with Gasteiger partial charge in [-0.1, -0.05) is 19.1 Å². The van der Waals surface area contributed by atoms with Crippen LogP contribution >= 0.6 is 11.3 Å². The van der Waals surface area contributed by atoms with Gasteiger partial charge in [0, 0.05) is 12.5 Å². The Morgan fingerprint density at radius 2 is 2.05 bits per heavy atom. The summed E-state index contributed by atoms with van der Waals surface area (Å²) in [5, 5.41) is 3.72. The number of nitrogens with zero attached hydrogens (tertiary/aromatic N) is 1. The van der Waals surface area contributed by atoms with E-state index in [0.29, 0.717) is 13.0 Å². The van der Waals surface area contributed by atoms with Crippen LogP contribution in [0.15, 0.2) is 24.3 Å². The number of thiazole rings is 1. The van der Waals surface area contributed by atoms with Gasteiger partial charge in [0.15, 0.2) is 0 Å². The Morgan fingerprint density at radius 3 is 2.70 bits per heavy atom. The fourth-order valence-electron chi connectivity index (χ4n) is 2.06. The average molecular weight is 302 g/mol. The Balaban J connectivity index is 2.09. The van der Waals surface area contributed by atoms with Gasteiger partial charge >= 0.3 is 6.18 Å². The summed E-state index contributed by atoms with van der Waals surface area (Å²) in [7, 11) is 0. The van der Waals surface area contributed by atoms with Gasteiger partial charge in [-0.05, 0) is 25.1 Å². The van der Waals surface area contributed by atoms with E-state index in [4.69, 9.17) is 0 Å². The summed E-state index contributed by atoms with van der Waals surface area (Å²) >= 11 is 1.47. The van der Waals surface area contributed by atoms with Crippen molar-refractivity contribution < 1.29 is 13.2 Å². The Morgan fingerprint density at radius 1 is 1.30 bits per heavy atom. The molecular formula is C14H17F3N2S. The van der Waals surface area contributed by atoms with Gasteiger partial charge in [-0.2, -0.15) is 13.2 Å². The second-order valence-corrected chi connectivity index (χ2v) is 5.87. The zero-order valence-electron chi connectivity index (χ0n) is 11.2. The van der Waals surface area contributed by atoms with Crippen molar-refractivity contribution in [2.45, 2.75) is 38.4 Å². The molecule has 0 radical (unpaired) electrons. The van der Waals surface area contributed by atoms with Crippen LogP contribution < -0.4 is 5.32 Å². The molecule has 1 aromatic heterocycles. The molecule has 20 heavy (non-hydrogen) atoms. The zero-order valence-corrected chi connectivity index (χ0v) is 12.0. The molecule has 0 bridgehead atoms. The molecule has 6 heteroatoms. The summed E-state index contributed by atoms with van der Waals surface area (Å²) in [6, 6.07) is 7.01. The van der Waals surface area contributed by atoms with Crippen molar-refractivity contribution in [1.82, 2.24) is 10.3 Å². The van der Waals surface area contributed by atoms with Crippen molar-refractivity contribution in [3.05, 3.63) is 29.3 Å². The van der Waals surface area contributed by atoms with Gasteiger partial charge < -0.3 is 5.32 Å². The standard InChI is InChI=1S/C14H17F3N2S/c1-2-7-18-10(9-14(15,16)17)8-13-19-11-5-3-4-6-12(11)20-13/h3-6,10,18H,2,7-9H2,1H3. The van der Waals surface area contributed by atoms with Crippen molar-refractivity contribution in [3.63, 3.8) is 0 Å². The number of hydrogen-bond acceptors (Lipinski definition) is 3. The summed E-state index contributed by atoms with van der Waals surface area (Å²) in [6.45, 7) is 2.53. The third-order valence-corrected chi connectivity index (χ3v) is 3.98. The van der Waals surface area contributed by atoms with Crippen molar-refractivity contribution in [2.24, 2.45) is 0 Å². The highest BCUT2D eigenvalue weighted by atomic mass is 32.1.